The number of nitrogens with zero attached hydrogens (tertiary/aromatic N) is 6. The van der Waals surface area contributed by atoms with E-state index in [9.17, 15) is 0 Å². The monoisotopic (exact) mass is 2170 g/mol. The first-order valence-electron chi connectivity index (χ1n) is 29.5. The maximum absolute atomic E-state index is 6.21. The molecular formula is C68H70Br6Cl18N6O6. The highest BCUT2D eigenvalue weighted by Gasteiger charge is 2.17. The first kappa shape index (κ1) is 101. The lowest BCUT2D eigenvalue weighted by molar-refractivity contribution is 0.363. The standard InChI is InChI=1S/C12H13Br2Cl2NO.C12H13Cl4NO.2C11H11Br2Cl2NO.2C11H11Cl4NO/c1-3-17(2)12-9(15)6-8(7-10(12)16)18-5-4-11(13)14;1-3-17(2)12-9(13)6-8(7-10(12)14)18-5-4-11(15)16;2*1-16(2)11-8(14)5-7(6-9(11)15)17-4-3-10(12)13;2*1-16(2)11-8(12)5-7(6-9(11)13)17-4-3-10(14)15/h2*4,6-7H,3,5H2,1-2H3;4*3,5-6H,4H2,1-2H3. The van der Waals surface area contributed by atoms with Crippen molar-refractivity contribution in [3.63, 3.8) is 0 Å². The lowest BCUT2D eigenvalue weighted by Crippen LogP contribution is -2.16. The zero-order chi connectivity index (χ0) is 79.4. The van der Waals surface area contributed by atoms with E-state index in [2.05, 4.69) is 95.6 Å². The Kier molecular flexibility index (Phi) is 52.9. The highest BCUT2D eigenvalue weighted by Crippen LogP contribution is 2.42. The van der Waals surface area contributed by atoms with E-state index >= 15 is 0 Å². The zero-order valence-electron chi connectivity index (χ0n) is 57.3. The Labute approximate surface area is 751 Å². The van der Waals surface area contributed by atoms with Gasteiger partial charge in [0.1, 0.15) is 87.6 Å². The lowest BCUT2D eigenvalue weighted by Gasteiger charge is -2.20. The molecular weight excluding hydrogens is 2110 g/mol. The molecule has 6 rings (SSSR count). The molecule has 0 aromatic heterocycles. The summed E-state index contributed by atoms with van der Waals surface area (Å²) in [7, 11) is 18.9. The molecule has 0 saturated carbocycles. The molecule has 0 amide bonds. The van der Waals surface area contributed by atoms with Crippen LogP contribution in [0.3, 0.4) is 0 Å². The van der Waals surface area contributed by atoms with E-state index in [4.69, 9.17) is 237 Å². The van der Waals surface area contributed by atoms with Crippen molar-refractivity contribution in [3.05, 3.63) is 193 Å². The summed E-state index contributed by atoms with van der Waals surface area (Å²) in [5, 5.41) is 6.64. The largest absolute Gasteiger partial charge is 0.489 e. The summed E-state index contributed by atoms with van der Waals surface area (Å²) < 4.78 is 35.7. The fraction of sp³-hybridized carbons (Fsp3) is 0.294. The predicted molar refractivity (Wildman–Crippen MR) is 484 cm³/mol. The summed E-state index contributed by atoms with van der Waals surface area (Å²) in [4.78, 5) is 11.4. The third kappa shape index (κ3) is 40.3. The van der Waals surface area contributed by atoms with Gasteiger partial charge in [-0.15, -0.1) is 0 Å². The smallest absolute Gasteiger partial charge is 0.122 e. The normalized spacial score (nSPS) is 10.0. The molecule has 0 unspecified atom stereocenters. The van der Waals surface area contributed by atoms with Gasteiger partial charge in [-0.2, -0.15) is 0 Å². The second kappa shape index (κ2) is 54.2. The van der Waals surface area contributed by atoms with Crippen LogP contribution in [-0.2, 0) is 0 Å². The molecule has 0 heterocycles. The molecule has 0 N–H and O–H groups in total. The van der Waals surface area contributed by atoms with Gasteiger partial charge in [-0.1, -0.05) is 209 Å². The van der Waals surface area contributed by atoms with E-state index in [1.807, 2.05) is 132 Å². The Hall–Kier alpha value is -0.540. The molecule has 0 atom stereocenters. The number of anilines is 6. The highest BCUT2D eigenvalue weighted by molar-refractivity contribution is 9.29. The van der Waals surface area contributed by atoms with Crippen molar-refractivity contribution in [1.29, 1.82) is 0 Å². The average molecular weight is 2180 g/mol. The van der Waals surface area contributed by atoms with Gasteiger partial charge < -0.3 is 57.8 Å². The highest BCUT2D eigenvalue weighted by atomic mass is 79.9. The fourth-order valence-corrected chi connectivity index (χ4v) is 13.6. The summed E-state index contributed by atoms with van der Waals surface area (Å²) in [6.07, 6.45) is 10.1. The molecule has 0 radical (unpaired) electrons. The third-order valence-corrected chi connectivity index (χ3v) is 18.7. The molecule has 0 aliphatic carbocycles. The van der Waals surface area contributed by atoms with Crippen LogP contribution < -0.4 is 57.8 Å². The molecule has 0 saturated heterocycles. The number of benzene rings is 6. The van der Waals surface area contributed by atoms with Crippen molar-refractivity contribution < 1.29 is 28.4 Å². The minimum atomic E-state index is 0.159. The van der Waals surface area contributed by atoms with Crippen LogP contribution in [0.4, 0.5) is 34.1 Å². The molecule has 0 bridgehead atoms. The maximum atomic E-state index is 6.21. The van der Waals surface area contributed by atoms with Crippen molar-refractivity contribution >= 4 is 339 Å². The molecule has 36 heteroatoms. The Balaban J connectivity index is 0.000000624. The summed E-state index contributed by atoms with van der Waals surface area (Å²) in [5.41, 5.74) is 4.71. The van der Waals surface area contributed by atoms with E-state index in [0.717, 1.165) is 57.4 Å². The number of ether oxygens (including phenoxy) is 6. The van der Waals surface area contributed by atoms with Crippen molar-refractivity contribution in [3.8, 4) is 34.5 Å². The summed E-state index contributed by atoms with van der Waals surface area (Å²) in [6.45, 7) is 7.77. The third-order valence-electron chi connectivity index (χ3n) is 12.4. The summed E-state index contributed by atoms with van der Waals surface area (Å²) in [5.74, 6) is 3.64. The summed E-state index contributed by atoms with van der Waals surface area (Å²) >= 11 is 126. The predicted octanol–water partition coefficient (Wildman–Crippen LogP) is 30.3. The molecule has 6 aromatic rings. The molecule has 576 valence electrons. The number of hydrogen-bond acceptors (Lipinski definition) is 12. The average Bonchev–Trinajstić information content (AvgIpc) is 0.940. The van der Waals surface area contributed by atoms with E-state index in [1.165, 1.54) is 18.2 Å². The minimum absolute atomic E-state index is 0.159. The number of rotatable bonds is 26. The van der Waals surface area contributed by atoms with Gasteiger partial charge in [-0.25, -0.2) is 0 Å². The molecule has 104 heavy (non-hydrogen) atoms. The lowest BCUT2D eigenvalue weighted by atomic mass is 10.2. The van der Waals surface area contributed by atoms with Gasteiger partial charge in [0.15, 0.2) is 0 Å². The van der Waals surface area contributed by atoms with Gasteiger partial charge in [0.2, 0.25) is 0 Å². The molecule has 0 aliphatic heterocycles. The molecule has 0 spiro atoms. The minimum Gasteiger partial charge on any atom is -0.489 e. The van der Waals surface area contributed by atoms with Crippen molar-refractivity contribution in [2.45, 2.75) is 13.8 Å². The van der Waals surface area contributed by atoms with Gasteiger partial charge in [-0.05, 0) is 146 Å². The fourth-order valence-electron chi connectivity index (χ4n) is 7.71. The van der Waals surface area contributed by atoms with Crippen LogP contribution in [0.1, 0.15) is 13.8 Å². The van der Waals surface area contributed by atoms with Gasteiger partial charge in [0.05, 0.1) is 105 Å². The van der Waals surface area contributed by atoms with E-state index in [-0.39, 0.29) is 33.3 Å². The SMILES string of the molecule is CCN(C)c1c(Cl)cc(OCC=C(Br)Br)cc1Cl.CCN(C)c1c(Cl)cc(OCC=C(Cl)Cl)cc1Cl.CN(C)c1c(Cl)cc(OCC=C(Br)Br)cc1Cl.CN(C)c1c(Cl)cc(OCC=C(Br)Br)cc1Cl.CN(C)c1c(Cl)cc(OCC=C(Cl)Cl)cc1Cl.CN(C)c1c(Cl)cc(OCC=C(Cl)Cl)cc1Cl. The van der Waals surface area contributed by atoms with Crippen LogP contribution in [0.2, 0.25) is 60.3 Å². The van der Waals surface area contributed by atoms with Crippen LogP contribution >= 0.6 is 304 Å². The van der Waals surface area contributed by atoms with Gasteiger partial charge >= 0.3 is 0 Å². The quantitative estimate of drug-likeness (QED) is 0.0519. The van der Waals surface area contributed by atoms with Crippen molar-refractivity contribution in [2.75, 3.05) is 153 Å². The topological polar surface area (TPSA) is 74.8 Å². The van der Waals surface area contributed by atoms with Crippen LogP contribution in [0.25, 0.3) is 0 Å². The Bertz CT molecular complexity index is 3340. The van der Waals surface area contributed by atoms with Crippen molar-refractivity contribution in [2.24, 2.45) is 0 Å². The zero-order valence-corrected chi connectivity index (χ0v) is 80.4. The van der Waals surface area contributed by atoms with E-state index in [0.29, 0.717) is 115 Å². The van der Waals surface area contributed by atoms with Gasteiger partial charge in [0.25, 0.3) is 0 Å². The van der Waals surface area contributed by atoms with Crippen LogP contribution in [0, 0.1) is 0 Å². The number of halogens is 24. The van der Waals surface area contributed by atoms with E-state index in [1.54, 1.807) is 72.8 Å². The van der Waals surface area contributed by atoms with E-state index < -0.39 is 0 Å². The Morgan fingerprint density at radius 3 is 0.510 bits per heavy atom. The molecule has 12 nitrogen and oxygen atoms in total. The second-order valence-electron chi connectivity index (χ2n) is 20.8. The Morgan fingerprint density at radius 1 is 0.260 bits per heavy atom. The van der Waals surface area contributed by atoms with Crippen LogP contribution in [0.5, 0.6) is 34.5 Å². The van der Waals surface area contributed by atoms with Gasteiger partial charge in [0, 0.05) is 156 Å². The maximum Gasteiger partial charge on any atom is 0.122 e. The molecule has 6 aromatic carbocycles. The Morgan fingerprint density at radius 2 is 0.394 bits per heavy atom. The van der Waals surface area contributed by atoms with Crippen LogP contribution in [0.15, 0.2) is 133 Å². The molecule has 0 aliphatic rings. The first-order valence-corrected chi connectivity index (χ1v) is 41.0. The van der Waals surface area contributed by atoms with Crippen LogP contribution in [-0.4, -0.2) is 123 Å². The molecule has 0 fully saturated rings. The second-order valence-corrected chi connectivity index (χ2v) is 37.1. The van der Waals surface area contributed by atoms with Crippen molar-refractivity contribution in [1.82, 2.24) is 0 Å². The number of hydrogen-bond donors (Lipinski definition) is 0. The summed E-state index contributed by atoms with van der Waals surface area (Å²) in [6, 6.07) is 20.7. The first-order chi connectivity index (χ1) is 48.6. The van der Waals surface area contributed by atoms with Gasteiger partial charge in [-0.3, -0.25) is 0 Å².